The van der Waals surface area contributed by atoms with Crippen molar-refractivity contribution in [3.8, 4) is 5.75 Å². The van der Waals surface area contributed by atoms with E-state index < -0.39 is 0 Å². The van der Waals surface area contributed by atoms with E-state index in [-0.39, 0.29) is 6.61 Å². The molecule has 0 atom stereocenters. The zero-order chi connectivity index (χ0) is 15.2. The average molecular weight is 289 g/mol. The van der Waals surface area contributed by atoms with Crippen molar-refractivity contribution < 1.29 is 9.84 Å². The predicted octanol–water partition coefficient (Wildman–Crippen LogP) is 1.70. The van der Waals surface area contributed by atoms with Crippen molar-refractivity contribution >= 4 is 0 Å². The quantitative estimate of drug-likeness (QED) is 0.814. The van der Waals surface area contributed by atoms with Crippen LogP contribution in [0.5, 0.6) is 5.75 Å². The fraction of sp³-hybridized carbons (Fsp3) is 0.438. The highest BCUT2D eigenvalue weighted by molar-refractivity contribution is 5.33. The molecule has 2 N–H and O–H groups in total. The molecule has 5 heteroatoms. The zero-order valence-corrected chi connectivity index (χ0v) is 12.9. The normalized spacial score (nSPS) is 10.9. The number of aliphatic hydroxyl groups excluding tert-OH is 1. The molecule has 5 nitrogen and oxygen atoms in total. The molecule has 0 aliphatic rings. The number of aryl methyl sites for hydroxylation is 2. The maximum absolute atomic E-state index is 8.86. The largest absolute Gasteiger partial charge is 0.491 e. The van der Waals surface area contributed by atoms with Crippen molar-refractivity contribution in [1.82, 2.24) is 15.1 Å². The Morgan fingerprint density at radius 1 is 1.24 bits per heavy atom. The molecule has 0 bridgehead atoms. The van der Waals surface area contributed by atoms with E-state index in [2.05, 4.69) is 17.3 Å². The summed E-state index contributed by atoms with van der Waals surface area (Å²) >= 11 is 0. The van der Waals surface area contributed by atoms with Gasteiger partial charge in [-0.25, -0.2) is 0 Å². The molecule has 2 aromatic rings. The third kappa shape index (κ3) is 3.83. The van der Waals surface area contributed by atoms with Gasteiger partial charge in [0.2, 0.25) is 0 Å². The summed E-state index contributed by atoms with van der Waals surface area (Å²) < 4.78 is 7.44. The molecule has 114 valence electrons. The minimum atomic E-state index is 0.0236. The number of nitrogens with zero attached hydrogens (tertiary/aromatic N) is 2. The van der Waals surface area contributed by atoms with Crippen molar-refractivity contribution in [2.24, 2.45) is 7.05 Å². The maximum atomic E-state index is 8.86. The van der Waals surface area contributed by atoms with Crippen LogP contribution in [0.1, 0.15) is 22.5 Å². The Bertz CT molecular complexity index is 593. The number of hydrogen-bond acceptors (Lipinski definition) is 4. The Hall–Kier alpha value is -1.85. The predicted molar refractivity (Wildman–Crippen MR) is 82.2 cm³/mol. The molecule has 0 spiro atoms. The first kappa shape index (κ1) is 15.5. The topological polar surface area (TPSA) is 59.3 Å². The first-order valence-electron chi connectivity index (χ1n) is 7.15. The van der Waals surface area contributed by atoms with Crippen LogP contribution in [0, 0.1) is 13.8 Å². The second kappa shape index (κ2) is 7.24. The molecule has 21 heavy (non-hydrogen) atoms. The van der Waals surface area contributed by atoms with E-state index in [1.54, 1.807) is 0 Å². The average Bonchev–Trinajstić information content (AvgIpc) is 2.72. The van der Waals surface area contributed by atoms with Crippen molar-refractivity contribution in [1.29, 1.82) is 0 Å². The fourth-order valence-electron chi connectivity index (χ4n) is 2.34. The third-order valence-corrected chi connectivity index (χ3v) is 3.60. The molecule has 0 fully saturated rings. The number of aliphatic hydroxyl groups is 1. The lowest BCUT2D eigenvalue weighted by Gasteiger charge is -2.11. The van der Waals surface area contributed by atoms with Gasteiger partial charge in [-0.05, 0) is 19.9 Å². The Morgan fingerprint density at radius 2 is 2.00 bits per heavy atom. The first-order chi connectivity index (χ1) is 10.1. The van der Waals surface area contributed by atoms with E-state index in [0.717, 1.165) is 30.1 Å². The van der Waals surface area contributed by atoms with E-state index in [0.29, 0.717) is 6.61 Å². The number of hydrogen-bond donors (Lipinski definition) is 2. The van der Waals surface area contributed by atoms with Crippen LogP contribution >= 0.6 is 0 Å². The standard InChI is InChI=1S/C16H23N3O2/c1-12-15(13(2)19(3)18-12)11-17-10-14-6-4-5-7-16(14)21-9-8-20/h4-7,17,20H,8-11H2,1-3H3. The van der Waals surface area contributed by atoms with Gasteiger partial charge in [0.1, 0.15) is 12.4 Å². The van der Waals surface area contributed by atoms with Gasteiger partial charge < -0.3 is 15.2 Å². The van der Waals surface area contributed by atoms with Crippen molar-refractivity contribution in [2.45, 2.75) is 26.9 Å². The van der Waals surface area contributed by atoms with Crippen LogP contribution in [0.2, 0.25) is 0 Å². The number of rotatable bonds is 7. The molecule has 1 aromatic heterocycles. The summed E-state index contributed by atoms with van der Waals surface area (Å²) in [4.78, 5) is 0. The molecule has 0 aliphatic carbocycles. The van der Waals surface area contributed by atoms with E-state index in [1.165, 1.54) is 11.3 Å². The summed E-state index contributed by atoms with van der Waals surface area (Å²) in [6.07, 6.45) is 0. The van der Waals surface area contributed by atoms with E-state index in [4.69, 9.17) is 9.84 Å². The van der Waals surface area contributed by atoms with Gasteiger partial charge in [-0.2, -0.15) is 5.10 Å². The van der Waals surface area contributed by atoms with Gasteiger partial charge in [-0.1, -0.05) is 18.2 Å². The van der Waals surface area contributed by atoms with E-state index in [1.807, 2.05) is 42.9 Å². The lowest BCUT2D eigenvalue weighted by Crippen LogP contribution is -2.15. The molecular formula is C16H23N3O2. The first-order valence-corrected chi connectivity index (χ1v) is 7.15. The van der Waals surface area contributed by atoms with Crippen LogP contribution in [0.3, 0.4) is 0 Å². The molecule has 1 aromatic carbocycles. The van der Waals surface area contributed by atoms with E-state index >= 15 is 0 Å². The lowest BCUT2D eigenvalue weighted by molar-refractivity contribution is 0.200. The van der Waals surface area contributed by atoms with Crippen LogP contribution in [0.15, 0.2) is 24.3 Å². The number of ether oxygens (including phenoxy) is 1. The monoisotopic (exact) mass is 289 g/mol. The van der Waals surface area contributed by atoms with Crippen molar-refractivity contribution in [3.05, 3.63) is 46.8 Å². The molecule has 0 saturated heterocycles. The lowest BCUT2D eigenvalue weighted by atomic mass is 10.1. The van der Waals surface area contributed by atoms with Crippen molar-refractivity contribution in [2.75, 3.05) is 13.2 Å². The smallest absolute Gasteiger partial charge is 0.123 e. The minimum Gasteiger partial charge on any atom is -0.491 e. The number of nitrogens with one attached hydrogen (secondary N) is 1. The SMILES string of the molecule is Cc1nn(C)c(C)c1CNCc1ccccc1OCCO. The summed E-state index contributed by atoms with van der Waals surface area (Å²) in [5.74, 6) is 0.818. The fourth-order valence-corrected chi connectivity index (χ4v) is 2.34. The van der Waals surface area contributed by atoms with Crippen LogP contribution in [-0.2, 0) is 20.1 Å². The highest BCUT2D eigenvalue weighted by Gasteiger charge is 2.09. The van der Waals surface area contributed by atoms with Crippen LogP contribution in [-0.4, -0.2) is 28.1 Å². The molecule has 2 rings (SSSR count). The highest BCUT2D eigenvalue weighted by Crippen LogP contribution is 2.18. The summed E-state index contributed by atoms with van der Waals surface area (Å²) in [5, 5.41) is 16.7. The van der Waals surface area contributed by atoms with Crippen LogP contribution in [0.25, 0.3) is 0 Å². The summed E-state index contributed by atoms with van der Waals surface area (Å²) in [5.41, 5.74) is 4.58. The second-order valence-electron chi connectivity index (χ2n) is 5.06. The van der Waals surface area contributed by atoms with Gasteiger partial charge in [0.25, 0.3) is 0 Å². The third-order valence-electron chi connectivity index (χ3n) is 3.60. The van der Waals surface area contributed by atoms with Crippen LogP contribution in [0.4, 0.5) is 0 Å². The van der Waals surface area contributed by atoms with Gasteiger partial charge in [0, 0.05) is 37.0 Å². The van der Waals surface area contributed by atoms with E-state index in [9.17, 15) is 0 Å². The Balaban J connectivity index is 1.97. The number of benzene rings is 1. The number of aromatic nitrogens is 2. The summed E-state index contributed by atoms with van der Waals surface area (Å²) in [6.45, 7) is 5.94. The molecule has 0 radical (unpaired) electrons. The second-order valence-corrected chi connectivity index (χ2v) is 5.06. The van der Waals surface area contributed by atoms with Crippen molar-refractivity contribution in [3.63, 3.8) is 0 Å². The van der Waals surface area contributed by atoms with Gasteiger partial charge in [0.05, 0.1) is 12.3 Å². The molecule has 0 amide bonds. The highest BCUT2D eigenvalue weighted by atomic mass is 16.5. The summed E-state index contributed by atoms with van der Waals surface area (Å²) in [7, 11) is 1.96. The Labute approximate surface area is 125 Å². The summed E-state index contributed by atoms with van der Waals surface area (Å²) in [6, 6.07) is 7.88. The van der Waals surface area contributed by atoms with Gasteiger partial charge >= 0.3 is 0 Å². The molecule has 0 aliphatic heterocycles. The molecule has 1 heterocycles. The van der Waals surface area contributed by atoms with Crippen LogP contribution < -0.4 is 10.1 Å². The Kier molecular flexibility index (Phi) is 5.36. The zero-order valence-electron chi connectivity index (χ0n) is 12.9. The maximum Gasteiger partial charge on any atom is 0.123 e. The van der Waals surface area contributed by atoms with Gasteiger partial charge in [-0.15, -0.1) is 0 Å². The molecule has 0 unspecified atom stereocenters. The van der Waals surface area contributed by atoms with Gasteiger partial charge in [0.15, 0.2) is 0 Å². The Morgan fingerprint density at radius 3 is 2.67 bits per heavy atom. The number of para-hydroxylation sites is 1. The van der Waals surface area contributed by atoms with Gasteiger partial charge in [-0.3, -0.25) is 4.68 Å². The molecular weight excluding hydrogens is 266 g/mol. The minimum absolute atomic E-state index is 0.0236. The molecule has 0 saturated carbocycles.